The predicted octanol–water partition coefficient (Wildman–Crippen LogP) is 2.75. The first-order valence-corrected chi connectivity index (χ1v) is 7.90. The van der Waals surface area contributed by atoms with Gasteiger partial charge in [0.15, 0.2) is 0 Å². The Morgan fingerprint density at radius 2 is 1.73 bits per heavy atom. The quantitative estimate of drug-likeness (QED) is 0.735. The number of nitrogens with zero attached hydrogens (tertiary/aromatic N) is 1. The van der Waals surface area contributed by atoms with E-state index in [1.165, 1.54) is 12.1 Å². The van der Waals surface area contributed by atoms with E-state index in [9.17, 15) is 23.1 Å². The average molecular weight is 368 g/mol. The molecule has 0 aliphatic carbocycles. The zero-order chi connectivity index (χ0) is 19.2. The third kappa shape index (κ3) is 5.47. The number of nitrogens with two attached hydrogens (primary N) is 1. The minimum atomic E-state index is -5.14. The first kappa shape index (κ1) is 19.7. The van der Waals surface area contributed by atoms with E-state index in [1.807, 2.05) is 0 Å². The number of benzene rings is 2. The summed E-state index contributed by atoms with van der Waals surface area (Å²) in [5.74, 6) is -2.36. The van der Waals surface area contributed by atoms with Crippen molar-refractivity contribution in [3.05, 3.63) is 65.7 Å². The van der Waals surface area contributed by atoms with Crippen molar-refractivity contribution in [1.82, 2.24) is 0 Å². The molecule has 5 nitrogen and oxygen atoms in total. The number of aliphatic hydroxyl groups is 1. The SMILES string of the molecule is NCCc1ccc(N(C[C@@H](O)c2ccccc2)OC(=O)C(F)(F)F)cc1. The van der Waals surface area contributed by atoms with Crippen molar-refractivity contribution in [2.24, 2.45) is 5.73 Å². The molecule has 2 rings (SSSR count). The number of aliphatic hydroxyl groups excluding tert-OH is 1. The van der Waals surface area contributed by atoms with Crippen molar-refractivity contribution in [3.63, 3.8) is 0 Å². The Morgan fingerprint density at radius 1 is 1.12 bits per heavy atom. The van der Waals surface area contributed by atoms with Gasteiger partial charge < -0.3 is 15.7 Å². The number of rotatable bonds is 7. The Balaban J connectivity index is 2.22. The fourth-order valence-corrected chi connectivity index (χ4v) is 2.28. The van der Waals surface area contributed by atoms with E-state index < -0.39 is 18.2 Å². The van der Waals surface area contributed by atoms with Gasteiger partial charge in [0.1, 0.15) is 0 Å². The van der Waals surface area contributed by atoms with Crippen LogP contribution in [0.2, 0.25) is 0 Å². The third-order valence-corrected chi connectivity index (χ3v) is 3.61. The highest BCUT2D eigenvalue weighted by Crippen LogP contribution is 2.24. The van der Waals surface area contributed by atoms with Gasteiger partial charge in [-0.1, -0.05) is 42.5 Å². The van der Waals surface area contributed by atoms with E-state index in [0.29, 0.717) is 18.5 Å². The molecule has 140 valence electrons. The van der Waals surface area contributed by atoms with Gasteiger partial charge in [-0.15, -0.1) is 0 Å². The second-order valence-electron chi connectivity index (χ2n) is 5.57. The second kappa shape index (κ2) is 8.68. The number of alkyl halides is 3. The number of anilines is 1. The molecule has 1 atom stereocenters. The molecule has 0 amide bonds. The van der Waals surface area contributed by atoms with E-state index in [-0.39, 0.29) is 12.2 Å². The molecular weight excluding hydrogens is 349 g/mol. The van der Waals surface area contributed by atoms with Crippen molar-refractivity contribution in [1.29, 1.82) is 0 Å². The minimum Gasteiger partial charge on any atom is -0.386 e. The monoisotopic (exact) mass is 368 g/mol. The number of carbonyl (C=O) groups excluding carboxylic acids is 1. The standard InChI is InChI=1S/C18H19F3N2O3/c19-18(20,21)17(25)26-23(12-16(24)14-4-2-1-3-5-14)15-8-6-13(7-9-15)10-11-22/h1-9,16,24H,10-12,22H2/t16-/m1/s1. The predicted molar refractivity (Wildman–Crippen MR) is 90.1 cm³/mol. The van der Waals surface area contributed by atoms with Crippen LogP contribution in [0, 0.1) is 0 Å². The van der Waals surface area contributed by atoms with Crippen LogP contribution in [-0.4, -0.2) is 30.3 Å². The fraction of sp³-hybridized carbons (Fsp3) is 0.278. The fourth-order valence-electron chi connectivity index (χ4n) is 2.28. The Bertz CT molecular complexity index is 706. The number of carbonyl (C=O) groups is 1. The molecular formula is C18H19F3N2O3. The van der Waals surface area contributed by atoms with E-state index in [2.05, 4.69) is 4.84 Å². The van der Waals surface area contributed by atoms with Crippen molar-refractivity contribution < 1.29 is 27.9 Å². The molecule has 26 heavy (non-hydrogen) atoms. The zero-order valence-corrected chi connectivity index (χ0v) is 13.8. The second-order valence-corrected chi connectivity index (χ2v) is 5.57. The zero-order valence-electron chi connectivity index (χ0n) is 13.8. The molecule has 0 aliphatic rings. The van der Waals surface area contributed by atoms with Gasteiger partial charge in [0.05, 0.1) is 18.3 Å². The van der Waals surface area contributed by atoms with Crippen LogP contribution in [0.1, 0.15) is 17.2 Å². The molecule has 0 aliphatic heterocycles. The lowest BCUT2D eigenvalue weighted by Crippen LogP contribution is -2.37. The van der Waals surface area contributed by atoms with Gasteiger partial charge in [-0.05, 0) is 36.2 Å². The minimum absolute atomic E-state index is 0.207. The Labute approximate surface area is 148 Å². The molecule has 0 unspecified atom stereocenters. The van der Waals surface area contributed by atoms with Crippen LogP contribution < -0.4 is 10.8 Å². The maximum Gasteiger partial charge on any atom is 0.493 e. The summed E-state index contributed by atoms with van der Waals surface area (Å²) in [5.41, 5.74) is 7.05. The van der Waals surface area contributed by atoms with Gasteiger partial charge in [0, 0.05) is 0 Å². The van der Waals surface area contributed by atoms with Crippen LogP contribution in [0.5, 0.6) is 0 Å². The molecule has 0 radical (unpaired) electrons. The van der Waals surface area contributed by atoms with Gasteiger partial charge in [-0.2, -0.15) is 13.2 Å². The van der Waals surface area contributed by atoms with Crippen LogP contribution in [-0.2, 0) is 16.1 Å². The summed E-state index contributed by atoms with van der Waals surface area (Å²) in [6, 6.07) is 14.7. The molecule has 0 bridgehead atoms. The maximum absolute atomic E-state index is 12.6. The summed E-state index contributed by atoms with van der Waals surface area (Å²) < 4.78 is 37.7. The molecule has 3 N–H and O–H groups in total. The lowest BCUT2D eigenvalue weighted by atomic mass is 10.1. The molecule has 0 aromatic heterocycles. The summed E-state index contributed by atoms with van der Waals surface area (Å²) >= 11 is 0. The Hall–Kier alpha value is -2.58. The van der Waals surface area contributed by atoms with Crippen molar-refractivity contribution in [2.45, 2.75) is 18.7 Å². The summed E-state index contributed by atoms with van der Waals surface area (Å²) in [6.45, 7) is 0.0703. The smallest absolute Gasteiger partial charge is 0.386 e. The molecule has 0 saturated heterocycles. The van der Waals surface area contributed by atoms with Gasteiger partial charge in [-0.25, -0.2) is 9.86 Å². The average Bonchev–Trinajstić information content (AvgIpc) is 2.62. The van der Waals surface area contributed by atoms with Crippen LogP contribution in [0.3, 0.4) is 0 Å². The molecule has 2 aromatic rings. The van der Waals surface area contributed by atoms with Gasteiger partial charge in [0.2, 0.25) is 0 Å². The number of hydrogen-bond donors (Lipinski definition) is 2. The topological polar surface area (TPSA) is 75.8 Å². The molecule has 0 spiro atoms. The molecule has 0 heterocycles. The Morgan fingerprint density at radius 3 is 2.27 bits per heavy atom. The highest BCUT2D eigenvalue weighted by molar-refractivity contribution is 5.76. The van der Waals surface area contributed by atoms with E-state index >= 15 is 0 Å². The van der Waals surface area contributed by atoms with Crippen molar-refractivity contribution in [3.8, 4) is 0 Å². The maximum atomic E-state index is 12.6. The van der Waals surface area contributed by atoms with Crippen LogP contribution in [0.15, 0.2) is 54.6 Å². The van der Waals surface area contributed by atoms with E-state index in [4.69, 9.17) is 5.73 Å². The first-order chi connectivity index (χ1) is 12.3. The normalized spacial score (nSPS) is 12.5. The number of halogens is 3. The van der Waals surface area contributed by atoms with Crippen LogP contribution >= 0.6 is 0 Å². The lowest BCUT2D eigenvalue weighted by Gasteiger charge is -2.26. The van der Waals surface area contributed by atoms with Crippen LogP contribution in [0.25, 0.3) is 0 Å². The summed E-state index contributed by atoms with van der Waals surface area (Å²) in [5, 5.41) is 11.0. The highest BCUT2D eigenvalue weighted by Gasteiger charge is 2.43. The molecule has 2 aromatic carbocycles. The number of hydrogen-bond acceptors (Lipinski definition) is 5. The molecule has 0 saturated carbocycles. The molecule has 0 fully saturated rings. The van der Waals surface area contributed by atoms with E-state index in [0.717, 1.165) is 10.6 Å². The largest absolute Gasteiger partial charge is 0.493 e. The van der Waals surface area contributed by atoms with Gasteiger partial charge in [-0.3, -0.25) is 0 Å². The lowest BCUT2D eigenvalue weighted by molar-refractivity contribution is -0.201. The summed E-state index contributed by atoms with van der Waals surface area (Å²) in [4.78, 5) is 15.7. The van der Waals surface area contributed by atoms with Crippen molar-refractivity contribution in [2.75, 3.05) is 18.2 Å². The van der Waals surface area contributed by atoms with Crippen molar-refractivity contribution >= 4 is 11.7 Å². The van der Waals surface area contributed by atoms with E-state index in [1.54, 1.807) is 42.5 Å². The summed E-state index contributed by atoms with van der Waals surface area (Å²) in [7, 11) is 0. The highest BCUT2D eigenvalue weighted by atomic mass is 19.4. The molecule has 8 heteroatoms. The number of hydroxylamine groups is 1. The van der Waals surface area contributed by atoms with Crippen LogP contribution in [0.4, 0.5) is 18.9 Å². The van der Waals surface area contributed by atoms with Gasteiger partial charge >= 0.3 is 12.1 Å². The Kier molecular flexibility index (Phi) is 6.59. The van der Waals surface area contributed by atoms with Gasteiger partial charge in [0.25, 0.3) is 0 Å². The summed E-state index contributed by atoms with van der Waals surface area (Å²) in [6.07, 6.45) is -5.69. The first-order valence-electron chi connectivity index (χ1n) is 7.90. The third-order valence-electron chi connectivity index (χ3n) is 3.61.